The summed E-state index contributed by atoms with van der Waals surface area (Å²) in [6, 6.07) is 10.6. The van der Waals surface area contributed by atoms with Gasteiger partial charge in [0, 0.05) is 4.88 Å². The second-order valence-electron chi connectivity index (χ2n) is 8.66. The molecular weight excluding hydrogens is 428 g/mol. The van der Waals surface area contributed by atoms with Crippen LogP contribution in [0.15, 0.2) is 53.1 Å². The lowest BCUT2D eigenvalue weighted by molar-refractivity contribution is -0.117. The van der Waals surface area contributed by atoms with Crippen molar-refractivity contribution in [1.82, 2.24) is 4.98 Å². The Hall–Kier alpha value is -2.77. The average Bonchev–Trinajstić information content (AvgIpc) is 3.42. The van der Waals surface area contributed by atoms with Gasteiger partial charge < -0.3 is 5.11 Å². The molecule has 5 nitrogen and oxygen atoms in total. The Morgan fingerprint density at radius 2 is 1.81 bits per heavy atom. The molecule has 7 heteroatoms. The number of thiophene rings is 1. The lowest BCUT2D eigenvalue weighted by Crippen LogP contribution is -2.31. The molecule has 0 aliphatic carbocycles. The van der Waals surface area contributed by atoms with Crippen molar-refractivity contribution in [3.8, 4) is 0 Å². The molecule has 0 bridgehead atoms. The van der Waals surface area contributed by atoms with Crippen LogP contribution in [-0.4, -0.2) is 21.8 Å². The van der Waals surface area contributed by atoms with Crippen LogP contribution < -0.4 is 4.90 Å². The van der Waals surface area contributed by atoms with Crippen molar-refractivity contribution in [2.45, 2.75) is 46.1 Å². The SMILES string of the molecule is Cc1nc(N2C(=O)C(O)=C(C(=O)c3cccs3)[C@H]2c2ccc(C(C)(C)C)cc2)sc1C. The van der Waals surface area contributed by atoms with Crippen LogP contribution in [0.5, 0.6) is 0 Å². The monoisotopic (exact) mass is 452 g/mol. The average molecular weight is 453 g/mol. The molecule has 31 heavy (non-hydrogen) atoms. The maximum absolute atomic E-state index is 13.3. The first-order chi connectivity index (χ1) is 14.6. The van der Waals surface area contributed by atoms with E-state index in [1.807, 2.05) is 38.1 Å². The molecule has 3 heterocycles. The van der Waals surface area contributed by atoms with Crippen molar-refractivity contribution in [1.29, 1.82) is 0 Å². The summed E-state index contributed by atoms with van der Waals surface area (Å²) in [4.78, 5) is 33.9. The number of amides is 1. The maximum atomic E-state index is 13.3. The molecule has 1 aliphatic heterocycles. The van der Waals surface area contributed by atoms with Crippen LogP contribution >= 0.6 is 22.7 Å². The predicted octanol–water partition coefficient (Wildman–Crippen LogP) is 5.90. The highest BCUT2D eigenvalue weighted by Gasteiger charge is 2.46. The first-order valence-corrected chi connectivity index (χ1v) is 11.7. The van der Waals surface area contributed by atoms with Crippen LogP contribution in [0.2, 0.25) is 0 Å². The molecule has 0 saturated carbocycles. The number of carbonyl (C=O) groups is 2. The molecule has 0 radical (unpaired) electrons. The van der Waals surface area contributed by atoms with Gasteiger partial charge in [-0.25, -0.2) is 4.98 Å². The van der Waals surface area contributed by atoms with E-state index in [1.54, 1.807) is 17.5 Å². The third-order valence-corrected chi connectivity index (χ3v) is 7.45. The third kappa shape index (κ3) is 3.72. The number of hydrogen-bond acceptors (Lipinski definition) is 6. The Morgan fingerprint density at radius 3 is 2.32 bits per heavy atom. The number of hydrogen-bond donors (Lipinski definition) is 1. The van der Waals surface area contributed by atoms with E-state index in [-0.39, 0.29) is 16.8 Å². The molecule has 1 aliphatic rings. The van der Waals surface area contributed by atoms with E-state index < -0.39 is 17.7 Å². The summed E-state index contributed by atoms with van der Waals surface area (Å²) in [7, 11) is 0. The zero-order valence-electron chi connectivity index (χ0n) is 18.1. The van der Waals surface area contributed by atoms with Gasteiger partial charge in [-0.3, -0.25) is 14.5 Å². The van der Waals surface area contributed by atoms with Gasteiger partial charge in [0.15, 0.2) is 10.9 Å². The molecule has 160 valence electrons. The smallest absolute Gasteiger partial charge is 0.296 e. The van der Waals surface area contributed by atoms with E-state index in [1.165, 1.54) is 27.6 Å². The molecular formula is C24H24N2O3S2. The standard InChI is InChI=1S/C24H24N2O3S2/c1-13-14(2)31-23(25-13)26-19(15-8-10-16(11-9-15)24(3,4)5)18(21(28)22(26)29)20(27)17-7-6-12-30-17/h6-12,19,28H,1-5H3/t19-/m1/s1. The highest BCUT2D eigenvalue weighted by atomic mass is 32.1. The van der Waals surface area contributed by atoms with E-state index >= 15 is 0 Å². The molecule has 4 rings (SSSR count). The minimum absolute atomic E-state index is 0.0269. The van der Waals surface area contributed by atoms with Crippen molar-refractivity contribution in [2.24, 2.45) is 0 Å². The highest BCUT2D eigenvalue weighted by molar-refractivity contribution is 7.16. The minimum Gasteiger partial charge on any atom is -0.503 e. The molecule has 0 fully saturated rings. The number of Topliss-reactive ketones (excluding diaryl/α,β-unsaturated/α-hetero) is 1. The molecule has 0 spiro atoms. The summed E-state index contributed by atoms with van der Waals surface area (Å²) < 4.78 is 0. The van der Waals surface area contributed by atoms with E-state index in [0.29, 0.717) is 10.0 Å². The second-order valence-corrected chi connectivity index (χ2v) is 10.8. The number of aryl methyl sites for hydroxylation is 2. The van der Waals surface area contributed by atoms with E-state index in [9.17, 15) is 14.7 Å². The number of benzene rings is 1. The first kappa shape index (κ1) is 21.5. The zero-order valence-corrected chi connectivity index (χ0v) is 19.7. The van der Waals surface area contributed by atoms with Gasteiger partial charge >= 0.3 is 0 Å². The Balaban J connectivity index is 1.87. The summed E-state index contributed by atoms with van der Waals surface area (Å²) in [5.41, 5.74) is 2.80. The Kier molecular flexibility index (Phi) is 5.35. The minimum atomic E-state index is -0.735. The van der Waals surface area contributed by atoms with Gasteiger partial charge in [-0.2, -0.15) is 0 Å². The normalized spacial score (nSPS) is 17.0. The molecule has 2 aromatic heterocycles. The van der Waals surface area contributed by atoms with Crippen LogP contribution in [0.4, 0.5) is 5.13 Å². The Morgan fingerprint density at radius 1 is 1.13 bits per heavy atom. The zero-order chi connectivity index (χ0) is 22.5. The van der Waals surface area contributed by atoms with Crippen LogP contribution in [0.3, 0.4) is 0 Å². The summed E-state index contributed by atoms with van der Waals surface area (Å²) >= 11 is 2.67. The van der Waals surface area contributed by atoms with Gasteiger partial charge in [-0.15, -0.1) is 22.7 Å². The van der Waals surface area contributed by atoms with Crippen molar-refractivity contribution < 1.29 is 14.7 Å². The van der Waals surface area contributed by atoms with Gasteiger partial charge in [0.25, 0.3) is 5.91 Å². The topological polar surface area (TPSA) is 70.5 Å². The van der Waals surface area contributed by atoms with Crippen molar-refractivity contribution in [3.05, 3.63) is 79.7 Å². The maximum Gasteiger partial charge on any atom is 0.296 e. The highest BCUT2D eigenvalue weighted by Crippen LogP contribution is 2.44. The summed E-state index contributed by atoms with van der Waals surface area (Å²) in [5, 5.41) is 13.1. The van der Waals surface area contributed by atoms with E-state index in [0.717, 1.165) is 21.7 Å². The molecule has 3 aromatic rings. The molecule has 1 amide bonds. The predicted molar refractivity (Wildman–Crippen MR) is 125 cm³/mol. The first-order valence-electron chi connectivity index (χ1n) is 9.99. The molecule has 0 saturated heterocycles. The van der Waals surface area contributed by atoms with Gasteiger partial charge in [-0.05, 0) is 41.8 Å². The number of rotatable bonds is 4. The van der Waals surface area contributed by atoms with Crippen LogP contribution in [0.1, 0.15) is 58.2 Å². The van der Waals surface area contributed by atoms with Gasteiger partial charge in [0.2, 0.25) is 5.78 Å². The fourth-order valence-electron chi connectivity index (χ4n) is 3.61. The quantitative estimate of drug-likeness (QED) is 0.500. The summed E-state index contributed by atoms with van der Waals surface area (Å²) in [6.45, 7) is 10.2. The lowest BCUT2D eigenvalue weighted by Gasteiger charge is -2.26. The van der Waals surface area contributed by atoms with Crippen LogP contribution in [0, 0.1) is 13.8 Å². The number of thiazole rings is 1. The molecule has 0 unspecified atom stereocenters. The molecule has 1 N–H and O–H groups in total. The van der Waals surface area contributed by atoms with E-state index in [4.69, 9.17) is 0 Å². The molecule has 1 atom stereocenters. The fourth-order valence-corrected chi connectivity index (χ4v) is 5.23. The number of aliphatic hydroxyl groups is 1. The Bertz CT molecular complexity index is 1160. The van der Waals surface area contributed by atoms with Crippen molar-refractivity contribution in [3.63, 3.8) is 0 Å². The van der Waals surface area contributed by atoms with Crippen LogP contribution in [0.25, 0.3) is 0 Å². The number of ketones is 1. The molecule has 1 aromatic carbocycles. The summed E-state index contributed by atoms with van der Waals surface area (Å²) in [6.07, 6.45) is 0. The second kappa shape index (κ2) is 7.73. The number of anilines is 1. The number of carbonyl (C=O) groups excluding carboxylic acids is 2. The number of aliphatic hydroxyl groups excluding tert-OH is 1. The third-order valence-electron chi connectivity index (χ3n) is 5.51. The van der Waals surface area contributed by atoms with E-state index in [2.05, 4.69) is 25.8 Å². The van der Waals surface area contributed by atoms with Gasteiger partial charge in [-0.1, -0.05) is 51.1 Å². The number of nitrogens with zero attached hydrogens (tertiary/aromatic N) is 2. The fraction of sp³-hybridized carbons (Fsp3) is 0.292. The van der Waals surface area contributed by atoms with Crippen LogP contribution in [-0.2, 0) is 10.2 Å². The van der Waals surface area contributed by atoms with Crippen molar-refractivity contribution in [2.75, 3.05) is 4.90 Å². The number of aromatic nitrogens is 1. The van der Waals surface area contributed by atoms with Crippen molar-refractivity contribution >= 4 is 39.5 Å². The summed E-state index contributed by atoms with van der Waals surface area (Å²) in [5.74, 6) is -1.44. The van der Waals surface area contributed by atoms with Gasteiger partial charge in [0.05, 0.1) is 22.2 Å². The lowest BCUT2D eigenvalue weighted by atomic mass is 9.85. The Labute approximate surface area is 189 Å². The largest absolute Gasteiger partial charge is 0.503 e. The van der Waals surface area contributed by atoms with Gasteiger partial charge in [0.1, 0.15) is 0 Å².